The maximum absolute atomic E-state index is 12.6. The van der Waals surface area contributed by atoms with Crippen molar-refractivity contribution in [3.8, 4) is 0 Å². The zero-order valence-electron chi connectivity index (χ0n) is 15.3. The van der Waals surface area contributed by atoms with Gasteiger partial charge in [0.2, 0.25) is 11.7 Å². The number of rotatable bonds is 6. The van der Waals surface area contributed by atoms with Gasteiger partial charge in [-0.05, 0) is 24.6 Å². The lowest BCUT2D eigenvalue weighted by Crippen LogP contribution is -2.28. The fourth-order valence-corrected chi connectivity index (χ4v) is 2.80. The highest BCUT2D eigenvalue weighted by atomic mass is 16.1. The van der Waals surface area contributed by atoms with Crippen LogP contribution in [0.15, 0.2) is 67.4 Å². The molecule has 4 rings (SSSR count). The summed E-state index contributed by atoms with van der Waals surface area (Å²) in [6.45, 7) is 1.99. The van der Waals surface area contributed by atoms with Crippen molar-refractivity contribution in [2.75, 3.05) is 5.32 Å². The minimum atomic E-state index is -0.247. The van der Waals surface area contributed by atoms with Crippen molar-refractivity contribution >= 4 is 23.3 Å². The molecule has 0 unspecified atom stereocenters. The molecule has 0 aliphatic carbocycles. The molecule has 0 aliphatic heterocycles. The van der Waals surface area contributed by atoms with Crippen LogP contribution < -0.4 is 10.6 Å². The lowest BCUT2D eigenvalue weighted by molar-refractivity contribution is 0.0934. The normalized spacial score (nSPS) is 11.9. The van der Waals surface area contributed by atoms with E-state index in [1.165, 1.54) is 12.4 Å². The van der Waals surface area contributed by atoms with Crippen molar-refractivity contribution in [3.63, 3.8) is 0 Å². The smallest absolute Gasteiger partial charge is 0.254 e. The van der Waals surface area contributed by atoms with Gasteiger partial charge in [-0.2, -0.15) is 0 Å². The van der Waals surface area contributed by atoms with Crippen LogP contribution in [0, 0.1) is 0 Å². The topological polar surface area (TPSA) is 97.1 Å². The monoisotopic (exact) mass is 373 g/mol. The van der Waals surface area contributed by atoms with Gasteiger partial charge in [-0.3, -0.25) is 9.20 Å². The Morgan fingerprint density at radius 2 is 1.89 bits per heavy atom. The van der Waals surface area contributed by atoms with Crippen LogP contribution in [-0.4, -0.2) is 30.2 Å². The van der Waals surface area contributed by atoms with Crippen LogP contribution in [0.3, 0.4) is 0 Å². The summed E-state index contributed by atoms with van der Waals surface area (Å²) in [5.74, 6) is 0.786. The number of carbonyl (C=O) groups excluding carboxylic acids is 1. The zero-order chi connectivity index (χ0) is 19.3. The first-order valence-electron chi connectivity index (χ1n) is 8.97. The van der Waals surface area contributed by atoms with E-state index in [-0.39, 0.29) is 11.9 Å². The molecule has 0 radical (unpaired) electrons. The van der Waals surface area contributed by atoms with Crippen LogP contribution in [0.1, 0.15) is 35.4 Å². The zero-order valence-corrected chi connectivity index (χ0v) is 15.3. The fourth-order valence-electron chi connectivity index (χ4n) is 2.80. The molecule has 3 heterocycles. The number of amides is 1. The molecule has 2 N–H and O–H groups in total. The van der Waals surface area contributed by atoms with E-state index in [4.69, 9.17) is 0 Å². The summed E-state index contributed by atoms with van der Waals surface area (Å²) in [4.78, 5) is 29.8. The van der Waals surface area contributed by atoms with Crippen LogP contribution in [0.4, 0.5) is 11.6 Å². The van der Waals surface area contributed by atoms with Gasteiger partial charge in [0.25, 0.3) is 5.91 Å². The number of imidazole rings is 1. The summed E-state index contributed by atoms with van der Waals surface area (Å²) >= 11 is 0. The fraction of sp³-hybridized carbons (Fsp3) is 0.150. The second kappa shape index (κ2) is 7.83. The highest BCUT2D eigenvalue weighted by Gasteiger charge is 2.18. The summed E-state index contributed by atoms with van der Waals surface area (Å²) in [5, 5.41) is 6.08. The molecule has 0 saturated heterocycles. The molecule has 8 nitrogen and oxygen atoms in total. The minimum Gasteiger partial charge on any atom is -0.344 e. The lowest BCUT2D eigenvalue weighted by atomic mass is 10.1. The van der Waals surface area contributed by atoms with E-state index in [2.05, 4.69) is 30.6 Å². The molecule has 1 aromatic carbocycles. The van der Waals surface area contributed by atoms with Crippen LogP contribution >= 0.6 is 0 Å². The van der Waals surface area contributed by atoms with E-state index >= 15 is 0 Å². The Labute approximate surface area is 161 Å². The van der Waals surface area contributed by atoms with Crippen LogP contribution in [0.5, 0.6) is 0 Å². The van der Waals surface area contributed by atoms with Crippen LogP contribution in [0.2, 0.25) is 0 Å². The molecule has 140 valence electrons. The number of hydrogen-bond donors (Lipinski definition) is 2. The Hall–Kier alpha value is -3.81. The Bertz CT molecular complexity index is 1040. The third-order valence-corrected chi connectivity index (χ3v) is 4.27. The molecule has 1 atom stereocenters. The molecular formula is C20H19N7O. The second-order valence-electron chi connectivity index (χ2n) is 6.21. The first kappa shape index (κ1) is 17.6. The Morgan fingerprint density at radius 1 is 1.11 bits per heavy atom. The van der Waals surface area contributed by atoms with E-state index in [9.17, 15) is 4.79 Å². The van der Waals surface area contributed by atoms with Crippen molar-refractivity contribution in [1.82, 2.24) is 29.7 Å². The first-order chi connectivity index (χ1) is 13.7. The van der Waals surface area contributed by atoms with Crippen molar-refractivity contribution < 1.29 is 4.79 Å². The van der Waals surface area contributed by atoms with Gasteiger partial charge in [-0.1, -0.05) is 25.1 Å². The Balaban J connectivity index is 1.45. The largest absolute Gasteiger partial charge is 0.344 e. The summed E-state index contributed by atoms with van der Waals surface area (Å²) in [6, 6.07) is 11.2. The number of nitrogens with zero attached hydrogens (tertiary/aromatic N) is 5. The number of benzene rings is 1. The number of fused-ring (bicyclic) bond motifs is 1. The average Bonchev–Trinajstić information content (AvgIpc) is 3.17. The van der Waals surface area contributed by atoms with Crippen LogP contribution in [-0.2, 0) is 0 Å². The van der Waals surface area contributed by atoms with Gasteiger partial charge < -0.3 is 10.6 Å². The summed E-state index contributed by atoms with van der Waals surface area (Å²) in [7, 11) is 0. The van der Waals surface area contributed by atoms with Crippen molar-refractivity contribution in [3.05, 3.63) is 78.6 Å². The van der Waals surface area contributed by atoms with Gasteiger partial charge in [-0.25, -0.2) is 19.9 Å². The van der Waals surface area contributed by atoms with Gasteiger partial charge >= 0.3 is 0 Å². The molecule has 8 heteroatoms. The van der Waals surface area contributed by atoms with Crippen molar-refractivity contribution in [1.29, 1.82) is 0 Å². The SMILES string of the molecule is CC[C@@H](NC(=O)c1cnc(Nc2ccccc2)nc1)c1cn2cccnc2n1. The number of aromatic nitrogens is 5. The van der Waals surface area contributed by atoms with E-state index < -0.39 is 0 Å². The third kappa shape index (κ3) is 3.80. The van der Waals surface area contributed by atoms with Gasteiger partial charge in [-0.15, -0.1) is 0 Å². The Kier molecular flexibility index (Phi) is 4.92. The number of hydrogen-bond acceptors (Lipinski definition) is 6. The number of nitrogens with one attached hydrogen (secondary N) is 2. The first-order valence-corrected chi connectivity index (χ1v) is 8.97. The quantitative estimate of drug-likeness (QED) is 0.539. The second-order valence-corrected chi connectivity index (χ2v) is 6.21. The molecule has 0 aliphatic rings. The molecule has 28 heavy (non-hydrogen) atoms. The lowest BCUT2D eigenvalue weighted by Gasteiger charge is -2.14. The van der Waals surface area contributed by atoms with Crippen molar-refractivity contribution in [2.45, 2.75) is 19.4 Å². The van der Waals surface area contributed by atoms with E-state index in [1.54, 1.807) is 6.20 Å². The molecule has 1 amide bonds. The molecule has 0 spiro atoms. The highest BCUT2D eigenvalue weighted by Crippen LogP contribution is 2.17. The van der Waals surface area contributed by atoms with E-state index in [0.717, 1.165) is 11.4 Å². The maximum atomic E-state index is 12.6. The summed E-state index contributed by atoms with van der Waals surface area (Å²) < 4.78 is 1.83. The number of anilines is 2. The van der Waals surface area contributed by atoms with Gasteiger partial charge in [0.1, 0.15) is 0 Å². The molecule has 0 saturated carbocycles. The van der Waals surface area contributed by atoms with E-state index in [1.807, 2.05) is 60.1 Å². The predicted octanol–water partition coefficient (Wildman–Crippen LogP) is 3.14. The maximum Gasteiger partial charge on any atom is 0.254 e. The number of para-hydroxylation sites is 1. The minimum absolute atomic E-state index is 0.226. The van der Waals surface area contributed by atoms with E-state index in [0.29, 0.717) is 23.7 Å². The molecule has 0 fully saturated rings. The Morgan fingerprint density at radius 3 is 2.61 bits per heavy atom. The summed E-state index contributed by atoms with van der Waals surface area (Å²) in [6.07, 6.45) is 9.15. The van der Waals surface area contributed by atoms with Gasteiger partial charge in [0, 0.05) is 36.7 Å². The molecule has 4 aromatic rings. The average molecular weight is 373 g/mol. The van der Waals surface area contributed by atoms with Gasteiger partial charge in [0.15, 0.2) is 0 Å². The van der Waals surface area contributed by atoms with Crippen molar-refractivity contribution in [2.24, 2.45) is 0 Å². The predicted molar refractivity (Wildman–Crippen MR) is 105 cm³/mol. The molecular weight excluding hydrogens is 354 g/mol. The highest BCUT2D eigenvalue weighted by molar-refractivity contribution is 5.93. The van der Waals surface area contributed by atoms with Gasteiger partial charge in [0.05, 0.1) is 17.3 Å². The summed E-state index contributed by atoms with van der Waals surface area (Å²) in [5.41, 5.74) is 2.03. The molecule has 3 aromatic heterocycles. The number of carbonyl (C=O) groups is 1. The molecule has 0 bridgehead atoms. The standard InChI is InChI=1S/C20H19N7O/c1-2-16(17-13-27-10-6-9-21-20(27)26-17)25-18(28)14-11-22-19(23-12-14)24-15-7-4-3-5-8-15/h3-13,16H,2H2,1H3,(H,25,28)(H,22,23,24)/t16-/m1/s1. The van der Waals surface area contributed by atoms with Crippen LogP contribution in [0.25, 0.3) is 5.78 Å². The third-order valence-electron chi connectivity index (χ3n) is 4.27.